The molecule has 4 heteroatoms. The third-order valence-electron chi connectivity index (χ3n) is 2.72. The maximum atomic E-state index is 12.1. The van der Waals surface area contributed by atoms with Crippen LogP contribution in [0, 0.1) is 5.41 Å². The van der Waals surface area contributed by atoms with E-state index in [0.29, 0.717) is 0 Å². The van der Waals surface area contributed by atoms with Gasteiger partial charge in [0.15, 0.2) is 0 Å². The molecule has 0 aromatic heterocycles. The van der Waals surface area contributed by atoms with Crippen molar-refractivity contribution in [1.29, 1.82) is 0 Å². The van der Waals surface area contributed by atoms with E-state index in [9.17, 15) is 8.78 Å². The Balaban J connectivity index is 2.65. The zero-order valence-corrected chi connectivity index (χ0v) is 11.1. The number of hydrogen-bond donors (Lipinski definition) is 1. The van der Waals surface area contributed by atoms with Crippen molar-refractivity contribution in [1.82, 2.24) is 0 Å². The van der Waals surface area contributed by atoms with Crippen molar-refractivity contribution in [2.24, 2.45) is 11.1 Å². The predicted octanol–water partition coefficient (Wildman–Crippen LogP) is 4.11. The Labute approximate surface area is 107 Å². The van der Waals surface area contributed by atoms with Crippen LogP contribution in [0.3, 0.4) is 0 Å². The Kier molecular flexibility index (Phi) is 5.08. The molecule has 0 saturated carbocycles. The van der Waals surface area contributed by atoms with E-state index in [4.69, 9.17) is 5.73 Å². The molecular weight excluding hydrogens is 236 g/mol. The van der Waals surface area contributed by atoms with Gasteiger partial charge in [0.05, 0.1) is 0 Å². The second kappa shape index (κ2) is 6.14. The van der Waals surface area contributed by atoms with Gasteiger partial charge in [0.2, 0.25) is 0 Å². The number of rotatable bonds is 5. The summed E-state index contributed by atoms with van der Waals surface area (Å²) in [5.74, 6) is 0.161. The van der Waals surface area contributed by atoms with E-state index in [1.165, 1.54) is 6.07 Å². The van der Waals surface area contributed by atoms with Crippen LogP contribution in [0.5, 0.6) is 5.75 Å². The average molecular weight is 257 g/mol. The molecule has 0 fully saturated rings. The lowest BCUT2D eigenvalue weighted by molar-refractivity contribution is -0.0499. The molecule has 0 radical (unpaired) electrons. The van der Waals surface area contributed by atoms with Crippen LogP contribution in [-0.2, 0) is 0 Å². The van der Waals surface area contributed by atoms with Gasteiger partial charge in [0.25, 0.3) is 0 Å². The van der Waals surface area contributed by atoms with Crippen molar-refractivity contribution in [3.05, 3.63) is 29.8 Å². The van der Waals surface area contributed by atoms with Gasteiger partial charge in [-0.05, 0) is 36.0 Å². The molecule has 2 nitrogen and oxygen atoms in total. The van der Waals surface area contributed by atoms with Crippen LogP contribution < -0.4 is 10.5 Å². The number of nitrogens with two attached hydrogens (primary N) is 1. The largest absolute Gasteiger partial charge is 0.435 e. The second-order valence-corrected chi connectivity index (χ2v) is 5.66. The zero-order chi connectivity index (χ0) is 13.8. The third-order valence-corrected chi connectivity index (χ3v) is 2.72. The van der Waals surface area contributed by atoms with Gasteiger partial charge in [-0.3, -0.25) is 0 Å². The monoisotopic (exact) mass is 257 g/mol. The SMILES string of the molecule is CC(C)(C)CCC(N)c1cccc(OC(F)F)c1. The fourth-order valence-corrected chi connectivity index (χ4v) is 1.68. The summed E-state index contributed by atoms with van der Waals surface area (Å²) in [7, 11) is 0. The molecule has 1 aromatic carbocycles. The Morgan fingerprint density at radius 3 is 2.50 bits per heavy atom. The lowest BCUT2D eigenvalue weighted by atomic mass is 9.87. The highest BCUT2D eigenvalue weighted by atomic mass is 19.3. The minimum Gasteiger partial charge on any atom is -0.435 e. The van der Waals surface area contributed by atoms with E-state index in [1.807, 2.05) is 6.07 Å². The van der Waals surface area contributed by atoms with Crippen molar-refractivity contribution in [3.63, 3.8) is 0 Å². The van der Waals surface area contributed by atoms with Gasteiger partial charge >= 0.3 is 6.61 Å². The molecule has 0 heterocycles. The minimum atomic E-state index is -2.80. The van der Waals surface area contributed by atoms with Crippen LogP contribution in [0.1, 0.15) is 45.2 Å². The predicted molar refractivity (Wildman–Crippen MR) is 68.7 cm³/mol. The van der Waals surface area contributed by atoms with Crippen LogP contribution >= 0.6 is 0 Å². The average Bonchev–Trinajstić information content (AvgIpc) is 2.24. The topological polar surface area (TPSA) is 35.2 Å². The van der Waals surface area contributed by atoms with Gasteiger partial charge in [0.1, 0.15) is 5.75 Å². The molecule has 0 saturated heterocycles. The molecule has 1 aromatic rings. The zero-order valence-electron chi connectivity index (χ0n) is 11.1. The quantitative estimate of drug-likeness (QED) is 0.861. The summed E-state index contributed by atoms with van der Waals surface area (Å²) < 4.78 is 28.6. The summed E-state index contributed by atoms with van der Waals surface area (Å²) in [5.41, 5.74) is 7.11. The highest BCUT2D eigenvalue weighted by Crippen LogP contribution is 2.27. The molecule has 18 heavy (non-hydrogen) atoms. The fraction of sp³-hybridized carbons (Fsp3) is 0.571. The molecular formula is C14H21F2NO. The Bertz CT molecular complexity index is 374. The number of alkyl halides is 2. The maximum Gasteiger partial charge on any atom is 0.387 e. The van der Waals surface area contributed by atoms with E-state index < -0.39 is 6.61 Å². The summed E-state index contributed by atoms with van der Waals surface area (Å²) in [5, 5.41) is 0. The maximum absolute atomic E-state index is 12.1. The number of ether oxygens (including phenoxy) is 1. The Morgan fingerprint density at radius 1 is 1.28 bits per heavy atom. The summed E-state index contributed by atoms with van der Waals surface area (Å²) >= 11 is 0. The molecule has 1 rings (SSSR count). The standard InChI is InChI=1S/C14H21F2NO/c1-14(2,3)8-7-12(17)10-5-4-6-11(9-10)18-13(15)16/h4-6,9,12-13H,7-8,17H2,1-3H3. The van der Waals surface area contributed by atoms with E-state index in [1.54, 1.807) is 12.1 Å². The lowest BCUT2D eigenvalue weighted by Gasteiger charge is -2.21. The van der Waals surface area contributed by atoms with Crippen LogP contribution in [0.25, 0.3) is 0 Å². The molecule has 0 spiro atoms. The van der Waals surface area contributed by atoms with Crippen molar-refractivity contribution < 1.29 is 13.5 Å². The summed E-state index contributed by atoms with van der Waals surface area (Å²) in [6, 6.07) is 6.46. The number of halogens is 2. The van der Waals surface area contributed by atoms with Gasteiger partial charge in [-0.15, -0.1) is 0 Å². The summed E-state index contributed by atoms with van der Waals surface area (Å²) in [6.45, 7) is 3.65. The summed E-state index contributed by atoms with van der Waals surface area (Å²) in [4.78, 5) is 0. The first-order valence-electron chi connectivity index (χ1n) is 6.08. The fourth-order valence-electron chi connectivity index (χ4n) is 1.68. The van der Waals surface area contributed by atoms with E-state index >= 15 is 0 Å². The molecule has 102 valence electrons. The van der Waals surface area contributed by atoms with Crippen LogP contribution in [-0.4, -0.2) is 6.61 Å². The van der Waals surface area contributed by atoms with Gasteiger partial charge in [-0.1, -0.05) is 32.9 Å². The Morgan fingerprint density at radius 2 is 1.94 bits per heavy atom. The molecule has 0 aliphatic rings. The normalized spacial score (nSPS) is 13.7. The smallest absolute Gasteiger partial charge is 0.387 e. The van der Waals surface area contributed by atoms with Crippen molar-refractivity contribution >= 4 is 0 Å². The van der Waals surface area contributed by atoms with E-state index in [-0.39, 0.29) is 17.2 Å². The first-order chi connectivity index (χ1) is 8.28. The van der Waals surface area contributed by atoms with Crippen LogP contribution in [0.15, 0.2) is 24.3 Å². The second-order valence-electron chi connectivity index (χ2n) is 5.66. The summed E-state index contributed by atoms with van der Waals surface area (Å²) in [6.07, 6.45) is 1.80. The molecule has 0 bridgehead atoms. The first kappa shape index (κ1) is 14.9. The molecule has 0 aliphatic heterocycles. The van der Waals surface area contributed by atoms with Gasteiger partial charge in [-0.2, -0.15) is 8.78 Å². The highest BCUT2D eigenvalue weighted by molar-refractivity contribution is 5.30. The number of benzene rings is 1. The molecule has 0 amide bonds. The van der Waals surface area contributed by atoms with Gasteiger partial charge < -0.3 is 10.5 Å². The van der Waals surface area contributed by atoms with Crippen molar-refractivity contribution in [2.75, 3.05) is 0 Å². The Hall–Kier alpha value is -1.16. The minimum absolute atomic E-state index is 0.148. The molecule has 1 unspecified atom stereocenters. The van der Waals surface area contributed by atoms with Crippen LogP contribution in [0.2, 0.25) is 0 Å². The van der Waals surface area contributed by atoms with Crippen molar-refractivity contribution in [2.45, 2.75) is 46.3 Å². The van der Waals surface area contributed by atoms with Gasteiger partial charge in [-0.25, -0.2) is 0 Å². The van der Waals surface area contributed by atoms with E-state index in [0.717, 1.165) is 18.4 Å². The number of hydrogen-bond acceptors (Lipinski definition) is 2. The van der Waals surface area contributed by atoms with Gasteiger partial charge in [0, 0.05) is 6.04 Å². The van der Waals surface area contributed by atoms with Crippen LogP contribution in [0.4, 0.5) is 8.78 Å². The third kappa shape index (κ3) is 5.45. The molecule has 2 N–H and O–H groups in total. The molecule has 1 atom stereocenters. The molecule has 0 aliphatic carbocycles. The highest BCUT2D eigenvalue weighted by Gasteiger charge is 2.14. The lowest BCUT2D eigenvalue weighted by Crippen LogP contribution is -2.15. The van der Waals surface area contributed by atoms with E-state index in [2.05, 4.69) is 25.5 Å². The van der Waals surface area contributed by atoms with Crippen molar-refractivity contribution in [3.8, 4) is 5.75 Å². The first-order valence-corrected chi connectivity index (χ1v) is 6.08.